The van der Waals surface area contributed by atoms with E-state index >= 15 is 0 Å². The number of hydrogen-bond acceptors (Lipinski definition) is 5. The molecular weight excluding hydrogens is 353 g/mol. The number of nitrogens with one attached hydrogen (secondary N) is 1. The standard InChI is InChI=1S/C19H16FN3O2S/c1-23(9-12-4-2-5-13(20)8-12)10-16-21-18(24)17-14(11-26-19(17)22-16)15-6-3-7-25-15/h2-8,11H,9-10H2,1H3,(H,21,22,24). The van der Waals surface area contributed by atoms with Gasteiger partial charge in [-0.05, 0) is 36.9 Å². The summed E-state index contributed by atoms with van der Waals surface area (Å²) in [4.78, 5) is 22.6. The molecule has 4 rings (SSSR count). The van der Waals surface area contributed by atoms with Gasteiger partial charge in [-0.2, -0.15) is 0 Å². The summed E-state index contributed by atoms with van der Waals surface area (Å²) in [5.74, 6) is 0.974. The minimum atomic E-state index is -0.257. The molecule has 26 heavy (non-hydrogen) atoms. The number of aromatic amines is 1. The van der Waals surface area contributed by atoms with Crippen LogP contribution < -0.4 is 5.56 Å². The third-order valence-corrected chi connectivity index (χ3v) is 4.91. The zero-order valence-corrected chi connectivity index (χ0v) is 14.8. The Kier molecular flexibility index (Phi) is 4.40. The van der Waals surface area contributed by atoms with Crippen molar-refractivity contribution in [1.82, 2.24) is 14.9 Å². The minimum absolute atomic E-state index is 0.184. The molecule has 5 nitrogen and oxygen atoms in total. The van der Waals surface area contributed by atoms with Crippen molar-refractivity contribution in [1.29, 1.82) is 0 Å². The smallest absolute Gasteiger partial charge is 0.260 e. The molecule has 3 aromatic heterocycles. The van der Waals surface area contributed by atoms with Crippen LogP contribution in [0.5, 0.6) is 0 Å². The Morgan fingerprint density at radius 1 is 1.27 bits per heavy atom. The lowest BCUT2D eigenvalue weighted by atomic mass is 10.2. The number of fused-ring (bicyclic) bond motifs is 1. The van der Waals surface area contributed by atoms with Crippen molar-refractivity contribution in [3.63, 3.8) is 0 Å². The summed E-state index contributed by atoms with van der Waals surface area (Å²) in [6.45, 7) is 1.01. The Hall–Kier alpha value is -2.77. The number of halogens is 1. The molecule has 132 valence electrons. The van der Waals surface area contributed by atoms with Gasteiger partial charge < -0.3 is 9.40 Å². The van der Waals surface area contributed by atoms with Gasteiger partial charge in [0.15, 0.2) is 0 Å². The largest absolute Gasteiger partial charge is 0.464 e. The van der Waals surface area contributed by atoms with Gasteiger partial charge >= 0.3 is 0 Å². The van der Waals surface area contributed by atoms with Crippen LogP contribution in [0.4, 0.5) is 4.39 Å². The first-order valence-electron chi connectivity index (χ1n) is 8.07. The minimum Gasteiger partial charge on any atom is -0.464 e. The maximum atomic E-state index is 13.3. The van der Waals surface area contributed by atoms with E-state index < -0.39 is 0 Å². The summed E-state index contributed by atoms with van der Waals surface area (Å²) < 4.78 is 18.7. The molecule has 0 atom stereocenters. The van der Waals surface area contributed by atoms with E-state index in [1.807, 2.05) is 29.5 Å². The van der Waals surface area contributed by atoms with Crippen LogP contribution in [0.25, 0.3) is 21.5 Å². The van der Waals surface area contributed by atoms with Crippen molar-refractivity contribution >= 4 is 21.6 Å². The van der Waals surface area contributed by atoms with E-state index in [9.17, 15) is 9.18 Å². The Labute approximate surface area is 152 Å². The van der Waals surface area contributed by atoms with Crippen LogP contribution in [0.1, 0.15) is 11.4 Å². The zero-order chi connectivity index (χ0) is 18.1. The SMILES string of the molecule is CN(Cc1cccc(F)c1)Cc1nc2scc(-c3ccco3)c2c(=O)[nH]1. The van der Waals surface area contributed by atoms with Crippen LogP contribution in [0.2, 0.25) is 0 Å². The molecule has 0 fully saturated rings. The van der Waals surface area contributed by atoms with Crippen LogP contribution in [-0.2, 0) is 13.1 Å². The molecule has 0 radical (unpaired) electrons. The second kappa shape index (κ2) is 6.86. The lowest BCUT2D eigenvalue weighted by molar-refractivity contribution is 0.310. The molecule has 0 unspecified atom stereocenters. The van der Waals surface area contributed by atoms with Crippen molar-refractivity contribution in [2.45, 2.75) is 13.1 Å². The summed E-state index contributed by atoms with van der Waals surface area (Å²) in [7, 11) is 1.90. The molecular formula is C19H16FN3O2S. The number of nitrogens with zero attached hydrogens (tertiary/aromatic N) is 2. The molecule has 4 aromatic rings. The second-order valence-electron chi connectivity index (χ2n) is 6.12. The van der Waals surface area contributed by atoms with E-state index in [0.29, 0.717) is 34.9 Å². The fraction of sp³-hybridized carbons (Fsp3) is 0.158. The molecule has 0 spiro atoms. The Morgan fingerprint density at radius 3 is 2.92 bits per heavy atom. The highest BCUT2D eigenvalue weighted by atomic mass is 32.1. The molecule has 0 aliphatic carbocycles. The van der Waals surface area contributed by atoms with Crippen molar-refractivity contribution in [2.24, 2.45) is 0 Å². The predicted molar refractivity (Wildman–Crippen MR) is 99.5 cm³/mol. The average Bonchev–Trinajstić information content (AvgIpc) is 3.23. The van der Waals surface area contributed by atoms with Gasteiger partial charge in [0.05, 0.1) is 18.2 Å². The van der Waals surface area contributed by atoms with Crippen LogP contribution in [0.15, 0.2) is 57.3 Å². The first-order chi connectivity index (χ1) is 12.6. The van der Waals surface area contributed by atoms with Gasteiger partial charge in [-0.15, -0.1) is 11.3 Å². The quantitative estimate of drug-likeness (QED) is 0.577. The van der Waals surface area contributed by atoms with Crippen molar-refractivity contribution in [2.75, 3.05) is 7.05 Å². The topological polar surface area (TPSA) is 62.1 Å². The van der Waals surface area contributed by atoms with E-state index in [1.54, 1.807) is 18.4 Å². The predicted octanol–water partition coefficient (Wildman–Crippen LogP) is 4.02. The maximum absolute atomic E-state index is 13.3. The normalized spacial score (nSPS) is 11.5. The first-order valence-corrected chi connectivity index (χ1v) is 8.95. The van der Waals surface area contributed by atoms with Gasteiger partial charge in [-0.25, -0.2) is 9.37 Å². The summed E-state index contributed by atoms with van der Waals surface area (Å²) >= 11 is 1.41. The van der Waals surface area contributed by atoms with Gasteiger partial charge in [0.2, 0.25) is 0 Å². The maximum Gasteiger partial charge on any atom is 0.260 e. The van der Waals surface area contributed by atoms with Crippen LogP contribution in [0.3, 0.4) is 0 Å². The zero-order valence-electron chi connectivity index (χ0n) is 14.0. The van der Waals surface area contributed by atoms with Gasteiger partial charge in [0, 0.05) is 17.5 Å². The average molecular weight is 369 g/mol. The number of H-pyrrole nitrogens is 1. The van der Waals surface area contributed by atoms with Crippen molar-refractivity contribution in [3.8, 4) is 11.3 Å². The van der Waals surface area contributed by atoms with Crippen LogP contribution in [0, 0.1) is 5.82 Å². The third kappa shape index (κ3) is 3.31. The van der Waals surface area contributed by atoms with Crippen LogP contribution >= 0.6 is 11.3 Å². The van der Waals surface area contributed by atoms with Gasteiger partial charge in [-0.1, -0.05) is 12.1 Å². The molecule has 1 N–H and O–H groups in total. The molecule has 1 aromatic carbocycles. The van der Waals surface area contributed by atoms with E-state index in [-0.39, 0.29) is 11.4 Å². The van der Waals surface area contributed by atoms with E-state index in [2.05, 4.69) is 9.97 Å². The summed E-state index contributed by atoms with van der Waals surface area (Å²) in [5, 5.41) is 2.42. The lowest BCUT2D eigenvalue weighted by Crippen LogP contribution is -2.21. The van der Waals surface area contributed by atoms with E-state index in [0.717, 1.165) is 11.1 Å². The van der Waals surface area contributed by atoms with E-state index in [4.69, 9.17) is 4.42 Å². The molecule has 0 amide bonds. The molecule has 0 bridgehead atoms. The molecule has 0 saturated carbocycles. The van der Waals surface area contributed by atoms with Gasteiger partial charge in [0.1, 0.15) is 22.2 Å². The second-order valence-corrected chi connectivity index (χ2v) is 6.98. The van der Waals surface area contributed by atoms with Gasteiger partial charge in [-0.3, -0.25) is 9.69 Å². The fourth-order valence-electron chi connectivity index (χ4n) is 2.94. The fourth-order valence-corrected chi connectivity index (χ4v) is 3.89. The third-order valence-electron chi connectivity index (χ3n) is 4.04. The van der Waals surface area contributed by atoms with E-state index in [1.165, 1.54) is 23.5 Å². The Balaban J connectivity index is 1.59. The lowest BCUT2D eigenvalue weighted by Gasteiger charge is -2.16. The summed E-state index contributed by atoms with van der Waals surface area (Å²) in [6.07, 6.45) is 1.58. The van der Waals surface area contributed by atoms with Gasteiger partial charge in [0.25, 0.3) is 5.56 Å². The molecule has 3 heterocycles. The molecule has 0 aliphatic rings. The number of furan rings is 1. The number of hydrogen-bond donors (Lipinski definition) is 1. The van der Waals surface area contributed by atoms with Crippen LogP contribution in [-0.4, -0.2) is 21.9 Å². The first kappa shape index (κ1) is 16.7. The number of benzene rings is 1. The molecule has 7 heteroatoms. The summed E-state index contributed by atoms with van der Waals surface area (Å²) in [6, 6.07) is 10.1. The monoisotopic (exact) mass is 369 g/mol. The highest BCUT2D eigenvalue weighted by Crippen LogP contribution is 2.30. The highest BCUT2D eigenvalue weighted by molar-refractivity contribution is 7.17. The molecule has 0 saturated heterocycles. The Bertz CT molecular complexity index is 1100. The van der Waals surface area contributed by atoms with Crippen molar-refractivity contribution in [3.05, 3.63) is 75.6 Å². The summed E-state index contributed by atoms with van der Waals surface area (Å²) in [5.41, 5.74) is 1.44. The number of thiophene rings is 1. The Morgan fingerprint density at radius 2 is 2.15 bits per heavy atom. The number of aromatic nitrogens is 2. The highest BCUT2D eigenvalue weighted by Gasteiger charge is 2.15. The molecule has 0 aliphatic heterocycles. The number of rotatable bonds is 5. The van der Waals surface area contributed by atoms with Crippen molar-refractivity contribution < 1.29 is 8.81 Å².